The number of rotatable bonds is 6. The quantitative estimate of drug-likeness (QED) is 0.780. The number of nitrogens with one attached hydrogen (secondary N) is 1. The van der Waals surface area contributed by atoms with E-state index < -0.39 is 5.82 Å². The molecule has 1 fully saturated rings. The molecule has 1 aromatic rings. The molecular formula is C16H23FN2O3. The number of aliphatic hydroxyl groups excluding tert-OH is 1. The first-order chi connectivity index (χ1) is 10.6. The van der Waals surface area contributed by atoms with E-state index in [1.54, 1.807) is 0 Å². The van der Waals surface area contributed by atoms with Crippen molar-refractivity contribution in [2.45, 2.75) is 25.4 Å². The number of amides is 1. The first-order valence-corrected chi connectivity index (χ1v) is 7.62. The van der Waals surface area contributed by atoms with Crippen molar-refractivity contribution in [2.24, 2.45) is 0 Å². The van der Waals surface area contributed by atoms with E-state index in [1.165, 1.54) is 25.3 Å². The first-order valence-electron chi connectivity index (χ1n) is 7.62. The second-order valence-electron chi connectivity index (χ2n) is 5.53. The standard InChI is InChI=1S/C16H23FN2O3/c1-22-15-11-12(3-4-14(15)17)16(21)18-7-2-8-19-9-5-13(20)6-10-19/h3-4,11,13,20H,2,5-10H2,1H3,(H,18,21). The largest absolute Gasteiger partial charge is 0.494 e. The Balaban J connectivity index is 1.71. The van der Waals surface area contributed by atoms with Crippen LogP contribution in [0.4, 0.5) is 4.39 Å². The molecule has 1 aliphatic heterocycles. The van der Waals surface area contributed by atoms with Crippen LogP contribution in [0, 0.1) is 5.82 Å². The Morgan fingerprint density at radius 2 is 2.18 bits per heavy atom. The van der Waals surface area contributed by atoms with Crippen molar-refractivity contribution in [1.82, 2.24) is 10.2 Å². The highest BCUT2D eigenvalue weighted by molar-refractivity contribution is 5.94. The van der Waals surface area contributed by atoms with E-state index >= 15 is 0 Å². The molecule has 0 aliphatic carbocycles. The van der Waals surface area contributed by atoms with Gasteiger partial charge in [-0.3, -0.25) is 4.79 Å². The highest BCUT2D eigenvalue weighted by Crippen LogP contribution is 2.18. The average Bonchev–Trinajstić information content (AvgIpc) is 2.53. The van der Waals surface area contributed by atoms with Crippen molar-refractivity contribution in [3.05, 3.63) is 29.6 Å². The number of benzene rings is 1. The maximum atomic E-state index is 13.3. The Hall–Kier alpha value is -1.66. The fourth-order valence-electron chi connectivity index (χ4n) is 2.55. The van der Waals surface area contributed by atoms with Gasteiger partial charge in [0.15, 0.2) is 11.6 Å². The zero-order valence-corrected chi connectivity index (χ0v) is 12.8. The molecule has 5 nitrogen and oxygen atoms in total. The van der Waals surface area contributed by atoms with Gasteiger partial charge >= 0.3 is 0 Å². The summed E-state index contributed by atoms with van der Waals surface area (Å²) < 4.78 is 18.2. The van der Waals surface area contributed by atoms with Gasteiger partial charge in [0, 0.05) is 25.2 Å². The Bertz CT molecular complexity index is 502. The summed E-state index contributed by atoms with van der Waals surface area (Å²) in [5.41, 5.74) is 0.388. The van der Waals surface area contributed by atoms with E-state index in [4.69, 9.17) is 4.74 Å². The molecule has 0 radical (unpaired) electrons. The number of halogens is 1. The smallest absolute Gasteiger partial charge is 0.251 e. The Labute approximate surface area is 130 Å². The maximum Gasteiger partial charge on any atom is 0.251 e. The predicted molar refractivity (Wildman–Crippen MR) is 81.6 cm³/mol. The third kappa shape index (κ3) is 4.68. The Kier molecular flexibility index (Phi) is 6.15. The van der Waals surface area contributed by atoms with Gasteiger partial charge < -0.3 is 20.1 Å². The third-order valence-electron chi connectivity index (χ3n) is 3.91. The number of aliphatic hydroxyl groups is 1. The lowest BCUT2D eigenvalue weighted by molar-refractivity contribution is 0.0816. The van der Waals surface area contributed by atoms with Crippen LogP contribution in [0.5, 0.6) is 5.75 Å². The molecule has 0 unspecified atom stereocenters. The number of hydrogen-bond acceptors (Lipinski definition) is 4. The van der Waals surface area contributed by atoms with E-state index in [2.05, 4.69) is 10.2 Å². The molecule has 0 atom stereocenters. The molecule has 0 spiro atoms. The van der Waals surface area contributed by atoms with Gasteiger partial charge in [-0.1, -0.05) is 0 Å². The molecule has 1 heterocycles. The van der Waals surface area contributed by atoms with Gasteiger partial charge in [0.1, 0.15) is 0 Å². The van der Waals surface area contributed by atoms with Crippen molar-refractivity contribution in [1.29, 1.82) is 0 Å². The van der Waals surface area contributed by atoms with Crippen LogP contribution in [-0.2, 0) is 0 Å². The van der Waals surface area contributed by atoms with Gasteiger partial charge in [-0.15, -0.1) is 0 Å². The van der Waals surface area contributed by atoms with E-state index in [0.717, 1.165) is 38.9 Å². The summed E-state index contributed by atoms with van der Waals surface area (Å²) in [7, 11) is 1.37. The molecule has 122 valence electrons. The van der Waals surface area contributed by atoms with Gasteiger partial charge in [-0.2, -0.15) is 0 Å². The number of hydrogen-bond donors (Lipinski definition) is 2. The van der Waals surface area contributed by atoms with E-state index in [9.17, 15) is 14.3 Å². The summed E-state index contributed by atoms with van der Waals surface area (Å²) in [6, 6.07) is 4.07. The first kappa shape index (κ1) is 16.7. The molecule has 1 amide bonds. The number of carbonyl (C=O) groups is 1. The summed E-state index contributed by atoms with van der Waals surface area (Å²) in [6.45, 7) is 3.28. The maximum absolute atomic E-state index is 13.3. The van der Waals surface area contributed by atoms with Crippen LogP contribution in [-0.4, -0.2) is 55.3 Å². The molecule has 0 saturated carbocycles. The second kappa shape index (κ2) is 8.10. The second-order valence-corrected chi connectivity index (χ2v) is 5.53. The van der Waals surface area contributed by atoms with Crippen molar-refractivity contribution in [2.75, 3.05) is 33.3 Å². The molecule has 1 aromatic carbocycles. The van der Waals surface area contributed by atoms with Gasteiger partial charge in [-0.25, -0.2) is 4.39 Å². The van der Waals surface area contributed by atoms with Crippen molar-refractivity contribution >= 4 is 5.91 Å². The number of likely N-dealkylation sites (tertiary alicyclic amines) is 1. The molecule has 2 N–H and O–H groups in total. The number of methoxy groups -OCH3 is 1. The van der Waals surface area contributed by atoms with Crippen molar-refractivity contribution in [3.8, 4) is 5.75 Å². The molecule has 22 heavy (non-hydrogen) atoms. The normalized spacial score (nSPS) is 16.5. The van der Waals surface area contributed by atoms with Gasteiger partial charge in [0.2, 0.25) is 0 Å². The van der Waals surface area contributed by atoms with Crippen LogP contribution < -0.4 is 10.1 Å². The van der Waals surface area contributed by atoms with Crippen LogP contribution in [0.1, 0.15) is 29.6 Å². The summed E-state index contributed by atoms with van der Waals surface area (Å²) in [5.74, 6) is -0.641. The van der Waals surface area contributed by atoms with Crippen LogP contribution in [0.15, 0.2) is 18.2 Å². The third-order valence-corrected chi connectivity index (χ3v) is 3.91. The molecule has 2 rings (SSSR count). The van der Waals surface area contributed by atoms with Crippen LogP contribution >= 0.6 is 0 Å². The fraction of sp³-hybridized carbons (Fsp3) is 0.562. The van der Waals surface area contributed by atoms with E-state index in [0.29, 0.717) is 12.1 Å². The number of ether oxygens (including phenoxy) is 1. The minimum Gasteiger partial charge on any atom is -0.494 e. The van der Waals surface area contributed by atoms with Crippen LogP contribution in [0.2, 0.25) is 0 Å². The Morgan fingerprint density at radius 1 is 1.45 bits per heavy atom. The van der Waals surface area contributed by atoms with Gasteiger partial charge in [-0.05, 0) is 44.0 Å². The lowest BCUT2D eigenvalue weighted by Gasteiger charge is -2.29. The molecule has 6 heteroatoms. The monoisotopic (exact) mass is 310 g/mol. The zero-order chi connectivity index (χ0) is 15.9. The number of nitrogens with zero attached hydrogens (tertiary/aromatic N) is 1. The molecule has 1 aliphatic rings. The number of carbonyl (C=O) groups excluding carboxylic acids is 1. The fourth-order valence-corrected chi connectivity index (χ4v) is 2.55. The topological polar surface area (TPSA) is 61.8 Å². The van der Waals surface area contributed by atoms with Gasteiger partial charge in [0.05, 0.1) is 13.2 Å². The van der Waals surface area contributed by atoms with E-state index in [1.807, 2.05) is 0 Å². The highest BCUT2D eigenvalue weighted by Gasteiger charge is 2.16. The lowest BCUT2D eigenvalue weighted by Crippen LogP contribution is -2.37. The molecule has 0 aromatic heterocycles. The molecule has 1 saturated heterocycles. The van der Waals surface area contributed by atoms with Crippen molar-refractivity contribution in [3.63, 3.8) is 0 Å². The van der Waals surface area contributed by atoms with Crippen LogP contribution in [0.25, 0.3) is 0 Å². The van der Waals surface area contributed by atoms with E-state index in [-0.39, 0.29) is 17.8 Å². The highest BCUT2D eigenvalue weighted by atomic mass is 19.1. The lowest BCUT2D eigenvalue weighted by atomic mass is 10.1. The minimum atomic E-state index is -0.480. The molecular weight excluding hydrogens is 287 g/mol. The summed E-state index contributed by atoms with van der Waals surface area (Å²) in [6.07, 6.45) is 2.33. The minimum absolute atomic E-state index is 0.0690. The SMILES string of the molecule is COc1cc(C(=O)NCCCN2CCC(O)CC2)ccc1F. The summed E-state index contributed by atoms with van der Waals surface area (Å²) in [5, 5.41) is 12.3. The predicted octanol–water partition coefficient (Wildman–Crippen LogP) is 1.41. The van der Waals surface area contributed by atoms with Crippen molar-refractivity contribution < 1.29 is 19.0 Å². The zero-order valence-electron chi connectivity index (χ0n) is 12.8. The van der Waals surface area contributed by atoms with Crippen LogP contribution in [0.3, 0.4) is 0 Å². The summed E-state index contributed by atoms with van der Waals surface area (Å²) in [4.78, 5) is 14.3. The average molecular weight is 310 g/mol. The van der Waals surface area contributed by atoms with Gasteiger partial charge in [0.25, 0.3) is 5.91 Å². The summed E-state index contributed by atoms with van der Waals surface area (Å²) >= 11 is 0. The number of piperidine rings is 1. The molecule has 0 bridgehead atoms. The Morgan fingerprint density at radius 3 is 2.86 bits per heavy atom.